The second-order valence-electron chi connectivity index (χ2n) is 6.51. The van der Waals surface area contributed by atoms with E-state index in [4.69, 9.17) is 0 Å². The van der Waals surface area contributed by atoms with Crippen molar-refractivity contribution in [1.82, 2.24) is 10.6 Å². The lowest BCUT2D eigenvalue weighted by atomic mass is 10.2. The molecule has 3 rings (SSSR count). The Bertz CT molecular complexity index is 880. The highest BCUT2D eigenvalue weighted by atomic mass is 32.1. The van der Waals surface area contributed by atoms with Gasteiger partial charge in [-0.25, -0.2) is 0 Å². The average Bonchev–Trinajstić information content (AvgIpc) is 3.38. The van der Waals surface area contributed by atoms with E-state index in [-0.39, 0.29) is 12.5 Å². The van der Waals surface area contributed by atoms with Gasteiger partial charge >= 0.3 is 11.8 Å². The quantitative estimate of drug-likeness (QED) is 0.594. The Morgan fingerprint density at radius 3 is 2.45 bits per heavy atom. The third-order valence-corrected chi connectivity index (χ3v) is 5.33. The topological polar surface area (TPSA) is 108 Å². The first-order valence-corrected chi connectivity index (χ1v) is 10.2. The number of carbonyl (C=O) groups excluding carboxylic acids is 4. The Balaban J connectivity index is 1.38. The van der Waals surface area contributed by atoms with Gasteiger partial charge in [0.25, 0.3) is 0 Å². The van der Waals surface area contributed by atoms with E-state index in [0.29, 0.717) is 31.6 Å². The maximum atomic E-state index is 12.0. The Morgan fingerprint density at radius 1 is 1.03 bits per heavy atom. The molecule has 1 aliphatic heterocycles. The minimum absolute atomic E-state index is 0.0955. The van der Waals surface area contributed by atoms with Crippen LogP contribution in [0.3, 0.4) is 0 Å². The number of benzene rings is 1. The van der Waals surface area contributed by atoms with Crippen molar-refractivity contribution < 1.29 is 19.2 Å². The molecule has 2 heterocycles. The SMILES string of the molecule is O=C(CNC(=O)C(=O)NCCc1cccs1)Nc1ccc(N2CCCC2=O)cc1. The van der Waals surface area contributed by atoms with Gasteiger partial charge < -0.3 is 20.9 Å². The Labute approximate surface area is 172 Å². The molecule has 29 heavy (non-hydrogen) atoms. The van der Waals surface area contributed by atoms with E-state index in [9.17, 15) is 19.2 Å². The standard InChI is InChI=1S/C20H22N4O4S/c25-17(13-22-20(28)19(27)21-10-9-16-3-2-12-29-16)23-14-5-7-15(8-6-14)24-11-1-4-18(24)26/h2-3,5-8,12H,1,4,9-11,13H2,(H,21,27)(H,22,28)(H,23,25). The third-order valence-electron chi connectivity index (χ3n) is 4.39. The largest absolute Gasteiger partial charge is 0.347 e. The molecular formula is C20H22N4O4S. The van der Waals surface area contributed by atoms with E-state index in [0.717, 1.165) is 17.0 Å². The lowest BCUT2D eigenvalue weighted by molar-refractivity contribution is -0.139. The minimum Gasteiger partial charge on any atom is -0.347 e. The molecular weight excluding hydrogens is 392 g/mol. The first-order chi connectivity index (χ1) is 14.0. The molecule has 0 unspecified atom stereocenters. The van der Waals surface area contributed by atoms with E-state index in [1.807, 2.05) is 17.5 Å². The fraction of sp³-hybridized carbons (Fsp3) is 0.300. The third kappa shape index (κ3) is 5.89. The summed E-state index contributed by atoms with van der Waals surface area (Å²) < 4.78 is 0. The zero-order valence-electron chi connectivity index (χ0n) is 15.8. The van der Waals surface area contributed by atoms with E-state index in [1.165, 1.54) is 0 Å². The van der Waals surface area contributed by atoms with Gasteiger partial charge in [0, 0.05) is 35.8 Å². The molecule has 0 atom stereocenters. The summed E-state index contributed by atoms with van der Waals surface area (Å²) in [6.07, 6.45) is 2.05. The summed E-state index contributed by atoms with van der Waals surface area (Å²) in [5.41, 5.74) is 1.33. The number of thiophene rings is 1. The first kappa shape index (κ1) is 20.5. The van der Waals surface area contributed by atoms with E-state index in [1.54, 1.807) is 40.5 Å². The zero-order chi connectivity index (χ0) is 20.6. The Hall–Kier alpha value is -3.20. The number of rotatable bonds is 7. The van der Waals surface area contributed by atoms with Gasteiger partial charge in [0.05, 0.1) is 6.54 Å². The van der Waals surface area contributed by atoms with Crippen molar-refractivity contribution in [2.45, 2.75) is 19.3 Å². The summed E-state index contributed by atoms with van der Waals surface area (Å²) >= 11 is 1.58. The van der Waals surface area contributed by atoms with Gasteiger partial charge in [0.1, 0.15) is 0 Å². The Morgan fingerprint density at radius 2 is 1.79 bits per heavy atom. The van der Waals surface area contributed by atoms with Crippen molar-refractivity contribution >= 4 is 46.3 Å². The van der Waals surface area contributed by atoms with E-state index >= 15 is 0 Å². The number of anilines is 2. The fourth-order valence-electron chi connectivity index (χ4n) is 2.93. The van der Waals surface area contributed by atoms with Crippen LogP contribution in [0.25, 0.3) is 0 Å². The highest BCUT2D eigenvalue weighted by Crippen LogP contribution is 2.22. The number of carbonyl (C=O) groups is 4. The molecule has 0 bridgehead atoms. The van der Waals surface area contributed by atoms with Gasteiger partial charge in [-0.1, -0.05) is 6.07 Å². The van der Waals surface area contributed by atoms with Crippen molar-refractivity contribution in [2.24, 2.45) is 0 Å². The highest BCUT2D eigenvalue weighted by molar-refractivity contribution is 7.09. The van der Waals surface area contributed by atoms with Crippen LogP contribution in [0.2, 0.25) is 0 Å². The molecule has 0 aliphatic carbocycles. The summed E-state index contributed by atoms with van der Waals surface area (Å²) in [5.74, 6) is -1.98. The molecule has 1 fully saturated rings. The van der Waals surface area contributed by atoms with Crippen LogP contribution in [-0.2, 0) is 25.6 Å². The first-order valence-electron chi connectivity index (χ1n) is 9.31. The number of nitrogens with zero attached hydrogens (tertiary/aromatic N) is 1. The normalized spacial score (nSPS) is 13.2. The molecule has 1 aromatic carbocycles. The number of amides is 4. The molecule has 0 saturated carbocycles. The van der Waals surface area contributed by atoms with Crippen LogP contribution in [0.15, 0.2) is 41.8 Å². The van der Waals surface area contributed by atoms with Gasteiger partial charge in [-0.3, -0.25) is 19.2 Å². The average molecular weight is 414 g/mol. The Kier molecular flexibility index (Phi) is 6.96. The van der Waals surface area contributed by atoms with E-state index < -0.39 is 17.7 Å². The minimum atomic E-state index is -0.853. The summed E-state index contributed by atoms with van der Waals surface area (Å²) in [6, 6.07) is 10.8. The van der Waals surface area contributed by atoms with Crippen molar-refractivity contribution in [3.63, 3.8) is 0 Å². The van der Waals surface area contributed by atoms with E-state index in [2.05, 4.69) is 16.0 Å². The van der Waals surface area contributed by atoms with Gasteiger partial charge in [0.15, 0.2) is 0 Å². The van der Waals surface area contributed by atoms with Crippen LogP contribution in [-0.4, -0.2) is 43.3 Å². The molecule has 152 valence electrons. The molecule has 1 aromatic heterocycles. The molecule has 1 saturated heterocycles. The summed E-state index contributed by atoms with van der Waals surface area (Å²) in [7, 11) is 0. The van der Waals surface area contributed by atoms with Crippen LogP contribution in [0.1, 0.15) is 17.7 Å². The maximum Gasteiger partial charge on any atom is 0.309 e. The molecule has 9 heteroatoms. The molecule has 1 aliphatic rings. The summed E-state index contributed by atoms with van der Waals surface area (Å²) in [6.45, 7) is 0.736. The molecule has 2 aromatic rings. The fourth-order valence-corrected chi connectivity index (χ4v) is 3.64. The lowest BCUT2D eigenvalue weighted by Crippen LogP contribution is -2.43. The van der Waals surface area contributed by atoms with Gasteiger partial charge in [0.2, 0.25) is 11.8 Å². The number of nitrogens with one attached hydrogen (secondary N) is 3. The van der Waals surface area contributed by atoms with Crippen molar-refractivity contribution in [1.29, 1.82) is 0 Å². The molecule has 3 N–H and O–H groups in total. The number of hydrogen-bond acceptors (Lipinski definition) is 5. The van der Waals surface area contributed by atoms with Crippen molar-refractivity contribution in [3.8, 4) is 0 Å². The molecule has 8 nitrogen and oxygen atoms in total. The monoisotopic (exact) mass is 414 g/mol. The molecule has 0 radical (unpaired) electrons. The number of hydrogen-bond donors (Lipinski definition) is 3. The zero-order valence-corrected chi connectivity index (χ0v) is 16.6. The summed E-state index contributed by atoms with van der Waals surface area (Å²) in [4.78, 5) is 50.1. The van der Waals surface area contributed by atoms with Gasteiger partial charge in [-0.05, 0) is 48.6 Å². The van der Waals surface area contributed by atoms with Crippen LogP contribution in [0.5, 0.6) is 0 Å². The second kappa shape index (κ2) is 9.83. The predicted molar refractivity (Wildman–Crippen MR) is 111 cm³/mol. The van der Waals surface area contributed by atoms with Crippen molar-refractivity contribution in [2.75, 3.05) is 29.9 Å². The molecule has 4 amide bonds. The highest BCUT2D eigenvalue weighted by Gasteiger charge is 2.21. The van der Waals surface area contributed by atoms with Crippen molar-refractivity contribution in [3.05, 3.63) is 46.7 Å². The van der Waals surface area contributed by atoms with Crippen LogP contribution in [0, 0.1) is 0 Å². The smallest absolute Gasteiger partial charge is 0.309 e. The van der Waals surface area contributed by atoms with Gasteiger partial charge in [-0.15, -0.1) is 11.3 Å². The van der Waals surface area contributed by atoms with Gasteiger partial charge in [-0.2, -0.15) is 0 Å². The van der Waals surface area contributed by atoms with Crippen LogP contribution >= 0.6 is 11.3 Å². The second-order valence-corrected chi connectivity index (χ2v) is 7.54. The van der Waals surface area contributed by atoms with Crippen LogP contribution in [0.4, 0.5) is 11.4 Å². The lowest BCUT2D eigenvalue weighted by Gasteiger charge is -2.16. The summed E-state index contributed by atoms with van der Waals surface area (Å²) in [5, 5.41) is 9.40. The maximum absolute atomic E-state index is 12.0. The predicted octanol–water partition coefficient (Wildman–Crippen LogP) is 1.29. The molecule has 0 spiro atoms. The van der Waals surface area contributed by atoms with Crippen LogP contribution < -0.4 is 20.9 Å².